The third-order valence-electron chi connectivity index (χ3n) is 0. The van der Waals surface area contributed by atoms with E-state index in [4.69, 9.17) is 19.2 Å². The van der Waals surface area contributed by atoms with Crippen molar-refractivity contribution in [3.63, 3.8) is 0 Å². The Balaban J connectivity index is 0. The predicted octanol–water partition coefficient (Wildman–Crippen LogP) is 1.54. The Labute approximate surface area is 41.2 Å². The normalized spacial score (nSPS) is 5.50. The summed E-state index contributed by atoms with van der Waals surface area (Å²) in [6, 6.07) is 0. The number of rotatable bonds is 0. The van der Waals surface area contributed by atoms with Crippen LogP contribution in [0.2, 0.25) is 0 Å². The average Bonchev–Trinajstić information content (AvgIpc) is 0.918. The summed E-state index contributed by atoms with van der Waals surface area (Å²) in [5.74, 6) is 0. The summed E-state index contributed by atoms with van der Waals surface area (Å²) in [4.78, 5) is 0. The van der Waals surface area contributed by atoms with Crippen molar-refractivity contribution in [2.75, 3.05) is 0 Å². The molecule has 0 amide bonds. The van der Waals surface area contributed by atoms with Gasteiger partial charge in [-0.05, 0) is 0 Å². The monoisotopic (exact) mass is 280 g/mol. The summed E-state index contributed by atoms with van der Waals surface area (Å²) < 4.78 is 0. The number of hydrogen-bond donors (Lipinski definition) is 1. The van der Waals surface area contributed by atoms with Gasteiger partial charge in [0.15, 0.2) is 0 Å². The van der Waals surface area contributed by atoms with Crippen LogP contribution >= 0.6 is 19.2 Å². The van der Waals surface area contributed by atoms with E-state index < -0.39 is 15.7 Å². The molecule has 0 spiro atoms. The van der Waals surface area contributed by atoms with Crippen LogP contribution in [-0.4, -0.2) is 0 Å². The minimum absolute atomic E-state index is 0. The molecule has 0 saturated carbocycles. The fourth-order valence-electron chi connectivity index (χ4n) is 0. The summed E-state index contributed by atoms with van der Waals surface area (Å²) in [5.41, 5.74) is 0. The van der Waals surface area contributed by atoms with Gasteiger partial charge in [-0.1, -0.05) is 0 Å². The van der Waals surface area contributed by atoms with Crippen LogP contribution in [0.15, 0.2) is 0 Å². The first kappa shape index (κ1) is 8.95. The minimum atomic E-state index is -0.556. The summed E-state index contributed by atoms with van der Waals surface area (Å²) in [6.45, 7) is 0. The van der Waals surface area contributed by atoms with Crippen LogP contribution < -0.4 is 6.15 Å². The molecule has 0 unspecified atom stereocenters. The number of halogens is 2. The number of hydrogen-bond acceptors (Lipinski definition) is 1. The van der Waals surface area contributed by atoms with Crippen LogP contribution in [0.4, 0.5) is 0 Å². The fraction of sp³-hybridized carbons (Fsp3) is 0. The molecule has 0 aliphatic heterocycles. The maximum atomic E-state index is 4.89. The fourth-order valence-corrected chi connectivity index (χ4v) is 0. The molecule has 4 heavy (non-hydrogen) atoms. The van der Waals surface area contributed by atoms with E-state index in [0.29, 0.717) is 0 Å². The van der Waals surface area contributed by atoms with Gasteiger partial charge in [-0.3, -0.25) is 0 Å². The van der Waals surface area contributed by atoms with Crippen molar-refractivity contribution in [2.24, 2.45) is 0 Å². The quantitative estimate of drug-likeness (QED) is 0.717. The Morgan fingerprint density at radius 2 is 1.25 bits per heavy atom. The topological polar surface area (TPSA) is 35.0 Å². The molecule has 0 aromatic rings. The molecule has 1 nitrogen and oxygen atoms in total. The van der Waals surface area contributed by atoms with Crippen molar-refractivity contribution in [1.29, 1.82) is 0 Å². The van der Waals surface area contributed by atoms with Crippen molar-refractivity contribution in [2.45, 2.75) is 0 Å². The van der Waals surface area contributed by atoms with Crippen molar-refractivity contribution in [3.8, 4) is 0 Å². The molecular weight excluding hydrogens is 277 g/mol. The van der Waals surface area contributed by atoms with Crippen LogP contribution in [-0.2, 0) is 15.7 Å². The summed E-state index contributed by atoms with van der Waals surface area (Å²) in [5, 5.41) is 0. The zero-order valence-electron chi connectivity index (χ0n) is 1.80. The van der Waals surface area contributed by atoms with E-state index in [1.165, 1.54) is 0 Å². The molecule has 0 bridgehead atoms. The van der Waals surface area contributed by atoms with Gasteiger partial charge in [-0.15, -0.1) is 0 Å². The summed E-state index contributed by atoms with van der Waals surface area (Å²) in [6.07, 6.45) is 0. The first-order chi connectivity index (χ1) is 1.41. The predicted molar refractivity (Wildman–Crippen MR) is 16.7 cm³/mol. The average molecular weight is 280 g/mol. The molecule has 31 valence electrons. The van der Waals surface area contributed by atoms with Crippen LogP contribution in [0.5, 0.6) is 0 Å². The molecule has 0 fully saturated rings. The molecule has 0 rings (SSSR count). The third kappa shape index (κ3) is 10.8. The second-order valence-electron chi connectivity index (χ2n) is 0.0476. The molecule has 0 atom stereocenters. The van der Waals surface area contributed by atoms with E-state index in [1.54, 1.807) is 0 Å². The molecule has 0 aliphatic rings. The third-order valence-corrected chi connectivity index (χ3v) is 0. The van der Waals surface area contributed by atoms with E-state index in [-0.39, 0.29) is 6.15 Å². The first-order valence-corrected chi connectivity index (χ1v) is 6.19. The van der Waals surface area contributed by atoms with Crippen molar-refractivity contribution in [1.82, 2.24) is 6.15 Å². The molecule has 0 aromatic heterocycles. The van der Waals surface area contributed by atoms with Gasteiger partial charge in [-0.2, -0.15) is 0 Å². The molecular formula is H3Cl2IrN. The molecule has 0 heterocycles. The second kappa shape index (κ2) is 8.89. The molecule has 4 heteroatoms. The zero-order chi connectivity index (χ0) is 2.71. The Kier molecular flexibility index (Phi) is 19.9. The van der Waals surface area contributed by atoms with Gasteiger partial charge in [-0.25, -0.2) is 0 Å². The maximum absolute atomic E-state index is 4.89. The van der Waals surface area contributed by atoms with Crippen LogP contribution in [0.3, 0.4) is 0 Å². The van der Waals surface area contributed by atoms with E-state index in [2.05, 4.69) is 0 Å². The van der Waals surface area contributed by atoms with Gasteiger partial charge in [0.05, 0.1) is 0 Å². The van der Waals surface area contributed by atoms with E-state index in [1.807, 2.05) is 0 Å². The zero-order valence-corrected chi connectivity index (χ0v) is 5.70. The Morgan fingerprint density at radius 3 is 1.25 bits per heavy atom. The van der Waals surface area contributed by atoms with Crippen LogP contribution in [0.1, 0.15) is 0 Å². The Morgan fingerprint density at radius 1 is 1.25 bits per heavy atom. The molecule has 0 aromatic carbocycles. The van der Waals surface area contributed by atoms with Crippen molar-refractivity contribution in [3.05, 3.63) is 0 Å². The van der Waals surface area contributed by atoms with Gasteiger partial charge in [0.2, 0.25) is 0 Å². The molecule has 0 saturated heterocycles. The van der Waals surface area contributed by atoms with Gasteiger partial charge in [0, 0.05) is 0 Å². The molecule has 3 N–H and O–H groups in total. The van der Waals surface area contributed by atoms with Gasteiger partial charge < -0.3 is 6.15 Å². The standard InChI is InChI=1S/2ClH.Ir.H3N/h2*1H;;1H3/q;;+2;/p-2. The van der Waals surface area contributed by atoms with Gasteiger partial charge in [0.1, 0.15) is 0 Å². The summed E-state index contributed by atoms with van der Waals surface area (Å²) >= 11 is -0.556. The SMILES string of the molecule is N.[Cl][Ir][Cl]. The second-order valence-corrected chi connectivity index (χ2v) is 3.51. The van der Waals surface area contributed by atoms with E-state index >= 15 is 0 Å². The van der Waals surface area contributed by atoms with Crippen LogP contribution in [0.25, 0.3) is 0 Å². The van der Waals surface area contributed by atoms with Crippen molar-refractivity contribution < 1.29 is 15.7 Å². The van der Waals surface area contributed by atoms with E-state index in [9.17, 15) is 0 Å². The Hall–Kier alpha value is 1.19. The van der Waals surface area contributed by atoms with Crippen molar-refractivity contribution >= 4 is 19.2 Å². The van der Waals surface area contributed by atoms with Gasteiger partial charge >= 0.3 is 34.8 Å². The first-order valence-electron chi connectivity index (χ1n) is 0.252. The van der Waals surface area contributed by atoms with E-state index in [0.717, 1.165) is 0 Å². The van der Waals surface area contributed by atoms with Crippen LogP contribution in [0, 0.1) is 0 Å². The Bertz CT molecular complexity index is 6.00. The van der Waals surface area contributed by atoms with Gasteiger partial charge in [0.25, 0.3) is 0 Å². The summed E-state index contributed by atoms with van der Waals surface area (Å²) in [7, 11) is 9.78. The molecule has 0 aliphatic carbocycles. The molecule has 0 radical (unpaired) electrons.